The average Bonchev–Trinajstić information content (AvgIpc) is 2.63. The Labute approximate surface area is 148 Å². The summed E-state index contributed by atoms with van der Waals surface area (Å²) in [6.45, 7) is 1.16. The molecule has 1 heterocycles. The summed E-state index contributed by atoms with van der Waals surface area (Å²) in [6.07, 6.45) is -0.772. The lowest BCUT2D eigenvalue weighted by Crippen LogP contribution is -2.43. The first-order valence-corrected chi connectivity index (χ1v) is 7.99. The standard InChI is InChI=1S/C17H15ClN2O5/c18-13-3-1-12(2-4-13)16-11-19(9-10-24-16)17(21)25-15-7-5-14(6-8-15)20(22)23/h1-8,16H,9-11H2/t16-/m0/s1. The van der Waals surface area contributed by atoms with Crippen molar-refractivity contribution in [2.75, 3.05) is 19.7 Å². The minimum absolute atomic E-state index is 0.0611. The van der Waals surface area contributed by atoms with Gasteiger partial charge in [-0.25, -0.2) is 4.79 Å². The van der Waals surface area contributed by atoms with E-state index in [1.165, 1.54) is 24.3 Å². The van der Waals surface area contributed by atoms with Crippen molar-refractivity contribution in [2.45, 2.75) is 6.10 Å². The number of carbonyl (C=O) groups is 1. The molecule has 0 bridgehead atoms. The molecule has 1 saturated heterocycles. The molecule has 1 aliphatic heterocycles. The Morgan fingerprint density at radius 3 is 2.52 bits per heavy atom. The SMILES string of the molecule is O=C(Oc1ccc([N+](=O)[O-])cc1)N1CCO[C@H](c2ccc(Cl)cc2)C1. The van der Waals surface area contributed by atoms with E-state index in [1.54, 1.807) is 17.0 Å². The van der Waals surface area contributed by atoms with E-state index in [0.717, 1.165) is 5.56 Å². The molecule has 0 radical (unpaired) electrons. The summed E-state index contributed by atoms with van der Waals surface area (Å²) >= 11 is 5.88. The van der Waals surface area contributed by atoms with Gasteiger partial charge in [-0.2, -0.15) is 0 Å². The molecule has 0 saturated carbocycles. The average molecular weight is 363 g/mol. The highest BCUT2D eigenvalue weighted by atomic mass is 35.5. The van der Waals surface area contributed by atoms with Gasteiger partial charge in [-0.15, -0.1) is 0 Å². The van der Waals surface area contributed by atoms with Crippen LogP contribution in [0.1, 0.15) is 11.7 Å². The van der Waals surface area contributed by atoms with Crippen LogP contribution in [-0.4, -0.2) is 35.6 Å². The van der Waals surface area contributed by atoms with Crippen LogP contribution in [-0.2, 0) is 4.74 Å². The maximum atomic E-state index is 12.3. The van der Waals surface area contributed by atoms with Crippen molar-refractivity contribution >= 4 is 23.4 Å². The number of nitro groups is 1. The molecule has 1 amide bonds. The van der Waals surface area contributed by atoms with Crippen LogP contribution in [0.25, 0.3) is 0 Å². The minimum Gasteiger partial charge on any atom is -0.410 e. The number of halogens is 1. The first-order valence-electron chi connectivity index (χ1n) is 7.61. The Morgan fingerprint density at radius 1 is 1.20 bits per heavy atom. The molecule has 25 heavy (non-hydrogen) atoms. The first kappa shape index (κ1) is 17.2. The molecule has 7 nitrogen and oxygen atoms in total. The summed E-state index contributed by atoms with van der Waals surface area (Å²) in [5.41, 5.74) is 0.867. The van der Waals surface area contributed by atoms with Crippen molar-refractivity contribution in [3.63, 3.8) is 0 Å². The predicted molar refractivity (Wildman–Crippen MR) is 90.8 cm³/mol. The highest BCUT2D eigenvalue weighted by Crippen LogP contribution is 2.25. The van der Waals surface area contributed by atoms with E-state index in [0.29, 0.717) is 24.7 Å². The fourth-order valence-corrected chi connectivity index (χ4v) is 2.62. The lowest BCUT2D eigenvalue weighted by atomic mass is 10.1. The number of rotatable bonds is 3. The lowest BCUT2D eigenvalue weighted by Gasteiger charge is -2.32. The summed E-state index contributed by atoms with van der Waals surface area (Å²) < 4.78 is 11.0. The fourth-order valence-electron chi connectivity index (χ4n) is 2.50. The fraction of sp³-hybridized carbons (Fsp3) is 0.235. The molecule has 8 heteroatoms. The number of hydrogen-bond donors (Lipinski definition) is 0. The van der Waals surface area contributed by atoms with Crippen molar-refractivity contribution in [1.82, 2.24) is 4.90 Å². The zero-order valence-electron chi connectivity index (χ0n) is 13.1. The molecule has 2 aromatic rings. The quantitative estimate of drug-likeness (QED) is 0.612. The van der Waals surface area contributed by atoms with Gasteiger partial charge in [0, 0.05) is 23.7 Å². The van der Waals surface area contributed by atoms with Gasteiger partial charge in [-0.3, -0.25) is 10.1 Å². The van der Waals surface area contributed by atoms with Crippen LogP contribution in [0.2, 0.25) is 5.02 Å². The molecule has 0 N–H and O–H groups in total. The monoisotopic (exact) mass is 362 g/mol. The second-order valence-corrected chi connectivity index (χ2v) is 5.91. The van der Waals surface area contributed by atoms with Crippen molar-refractivity contribution in [3.05, 3.63) is 69.2 Å². The molecule has 130 valence electrons. The van der Waals surface area contributed by atoms with E-state index < -0.39 is 11.0 Å². The molecule has 0 spiro atoms. The van der Waals surface area contributed by atoms with Crippen molar-refractivity contribution in [3.8, 4) is 5.75 Å². The minimum atomic E-state index is -0.517. The highest BCUT2D eigenvalue weighted by molar-refractivity contribution is 6.30. The van der Waals surface area contributed by atoms with E-state index in [2.05, 4.69) is 0 Å². The molecule has 0 aliphatic carbocycles. The molecular formula is C17H15ClN2O5. The number of amides is 1. The number of carbonyl (C=O) groups excluding carboxylic acids is 1. The Balaban J connectivity index is 1.63. The van der Waals surface area contributed by atoms with Crippen LogP contribution in [0.15, 0.2) is 48.5 Å². The lowest BCUT2D eigenvalue weighted by molar-refractivity contribution is -0.384. The van der Waals surface area contributed by atoms with Gasteiger partial charge in [0.2, 0.25) is 0 Å². The first-order chi connectivity index (χ1) is 12.0. The van der Waals surface area contributed by atoms with Crippen LogP contribution in [0.5, 0.6) is 5.75 Å². The second kappa shape index (κ2) is 7.50. The Bertz CT molecular complexity index is 764. The summed E-state index contributed by atoms with van der Waals surface area (Å²) in [7, 11) is 0. The van der Waals surface area contributed by atoms with Crippen LogP contribution in [0.3, 0.4) is 0 Å². The Kier molecular flexibility index (Phi) is 5.16. The summed E-state index contributed by atoms with van der Waals surface area (Å²) in [6, 6.07) is 12.6. The highest BCUT2D eigenvalue weighted by Gasteiger charge is 2.26. The van der Waals surface area contributed by atoms with Gasteiger partial charge in [-0.1, -0.05) is 23.7 Å². The smallest absolute Gasteiger partial charge is 0.410 e. The van der Waals surface area contributed by atoms with Gasteiger partial charge >= 0.3 is 6.09 Å². The number of hydrogen-bond acceptors (Lipinski definition) is 5. The van der Waals surface area contributed by atoms with Crippen molar-refractivity contribution in [2.24, 2.45) is 0 Å². The van der Waals surface area contributed by atoms with Gasteiger partial charge < -0.3 is 14.4 Å². The molecule has 1 atom stereocenters. The number of nitrogens with zero attached hydrogens (tertiary/aromatic N) is 2. The zero-order chi connectivity index (χ0) is 17.8. The second-order valence-electron chi connectivity index (χ2n) is 5.48. The van der Waals surface area contributed by atoms with Gasteiger partial charge in [0.15, 0.2) is 0 Å². The third-order valence-corrected chi connectivity index (χ3v) is 4.07. The molecule has 1 aliphatic rings. The normalized spacial score (nSPS) is 17.2. The van der Waals surface area contributed by atoms with Crippen LogP contribution >= 0.6 is 11.6 Å². The van der Waals surface area contributed by atoms with Crippen molar-refractivity contribution in [1.29, 1.82) is 0 Å². The molecule has 2 aromatic carbocycles. The summed E-state index contributed by atoms with van der Waals surface area (Å²) in [5, 5.41) is 11.3. The van der Waals surface area contributed by atoms with Crippen LogP contribution in [0, 0.1) is 10.1 Å². The Hall–Kier alpha value is -2.64. The summed E-state index contributed by atoms with van der Waals surface area (Å²) in [4.78, 5) is 24.0. The predicted octanol–water partition coefficient (Wildman–Crippen LogP) is 3.82. The number of ether oxygens (including phenoxy) is 2. The van der Waals surface area contributed by atoms with Crippen LogP contribution < -0.4 is 4.74 Å². The van der Waals surface area contributed by atoms with E-state index in [4.69, 9.17) is 21.1 Å². The number of non-ortho nitro benzene ring substituents is 1. The topological polar surface area (TPSA) is 81.9 Å². The third kappa shape index (κ3) is 4.26. The van der Waals surface area contributed by atoms with Crippen molar-refractivity contribution < 1.29 is 19.2 Å². The van der Waals surface area contributed by atoms with Gasteiger partial charge in [0.25, 0.3) is 5.69 Å². The van der Waals surface area contributed by atoms with E-state index in [9.17, 15) is 14.9 Å². The third-order valence-electron chi connectivity index (χ3n) is 3.82. The number of nitro benzene ring substituents is 1. The molecule has 0 aromatic heterocycles. The molecule has 3 rings (SSSR count). The maximum absolute atomic E-state index is 12.3. The molecule has 1 fully saturated rings. The number of morpholine rings is 1. The van der Waals surface area contributed by atoms with E-state index >= 15 is 0 Å². The van der Waals surface area contributed by atoms with Gasteiger partial charge in [0.1, 0.15) is 11.9 Å². The largest absolute Gasteiger partial charge is 0.415 e. The van der Waals surface area contributed by atoms with E-state index in [-0.39, 0.29) is 17.5 Å². The number of benzene rings is 2. The Morgan fingerprint density at radius 2 is 1.88 bits per heavy atom. The summed E-state index contributed by atoms with van der Waals surface area (Å²) in [5.74, 6) is 0.255. The molecular weight excluding hydrogens is 348 g/mol. The van der Waals surface area contributed by atoms with Crippen LogP contribution in [0.4, 0.5) is 10.5 Å². The van der Waals surface area contributed by atoms with Gasteiger partial charge in [-0.05, 0) is 29.8 Å². The maximum Gasteiger partial charge on any atom is 0.415 e. The van der Waals surface area contributed by atoms with E-state index in [1.807, 2.05) is 12.1 Å². The van der Waals surface area contributed by atoms with Gasteiger partial charge in [0.05, 0.1) is 18.1 Å². The molecule has 0 unspecified atom stereocenters. The zero-order valence-corrected chi connectivity index (χ0v) is 13.9.